The van der Waals surface area contributed by atoms with E-state index in [4.69, 9.17) is 16.9 Å². The minimum atomic E-state index is -0.556. The van der Waals surface area contributed by atoms with Crippen LogP contribution in [-0.4, -0.2) is 5.91 Å². The molecule has 0 aliphatic heterocycles. The van der Waals surface area contributed by atoms with Crippen LogP contribution in [0.15, 0.2) is 24.3 Å². The van der Waals surface area contributed by atoms with Crippen LogP contribution in [0.5, 0.6) is 0 Å². The highest BCUT2D eigenvalue weighted by molar-refractivity contribution is 6.30. The van der Waals surface area contributed by atoms with E-state index in [9.17, 15) is 4.79 Å². The molecule has 1 amide bonds. The van der Waals surface area contributed by atoms with Crippen LogP contribution in [-0.2, 0) is 11.3 Å². The summed E-state index contributed by atoms with van der Waals surface area (Å²) >= 11 is 5.83. The van der Waals surface area contributed by atoms with Crippen molar-refractivity contribution in [1.82, 2.24) is 5.32 Å². The molecular formula is C13H15ClN2O. The number of benzene rings is 1. The Bertz CT molecular complexity index is 426. The summed E-state index contributed by atoms with van der Waals surface area (Å²) in [4.78, 5) is 11.7. The Labute approximate surface area is 106 Å². The van der Waals surface area contributed by atoms with Crippen LogP contribution in [0.25, 0.3) is 0 Å². The summed E-state index contributed by atoms with van der Waals surface area (Å²) in [5.74, 6) is -0.770. The third-order valence-corrected chi connectivity index (χ3v) is 2.64. The Hall–Kier alpha value is -1.53. The van der Waals surface area contributed by atoms with Crippen molar-refractivity contribution in [3.8, 4) is 6.07 Å². The van der Waals surface area contributed by atoms with Crippen molar-refractivity contribution in [3.63, 3.8) is 0 Å². The van der Waals surface area contributed by atoms with E-state index in [-0.39, 0.29) is 5.91 Å². The first-order valence-electron chi connectivity index (χ1n) is 5.59. The fourth-order valence-corrected chi connectivity index (χ4v) is 1.72. The van der Waals surface area contributed by atoms with Gasteiger partial charge in [-0.05, 0) is 24.1 Å². The topological polar surface area (TPSA) is 52.9 Å². The lowest BCUT2D eigenvalue weighted by atomic mass is 10.0. The van der Waals surface area contributed by atoms with Crippen molar-refractivity contribution >= 4 is 17.5 Å². The first-order valence-corrected chi connectivity index (χ1v) is 5.97. The molecule has 1 aromatic carbocycles. The van der Waals surface area contributed by atoms with Crippen LogP contribution >= 0.6 is 11.6 Å². The third kappa shape index (κ3) is 4.46. The van der Waals surface area contributed by atoms with Gasteiger partial charge < -0.3 is 5.32 Å². The second-order valence-electron chi connectivity index (χ2n) is 3.82. The standard InChI is InChI=1S/C13H15ClN2O/c1-2-4-11(8-15)13(17)16-9-10-5-3-6-12(14)7-10/h3,5-7,11H,2,4,9H2,1H3,(H,16,17). The summed E-state index contributed by atoms with van der Waals surface area (Å²) in [5, 5.41) is 12.2. The van der Waals surface area contributed by atoms with Gasteiger partial charge in [-0.3, -0.25) is 4.79 Å². The Kier molecular flexibility index (Phi) is 5.51. The van der Waals surface area contributed by atoms with Crippen LogP contribution < -0.4 is 5.32 Å². The van der Waals surface area contributed by atoms with Gasteiger partial charge in [0.25, 0.3) is 0 Å². The first kappa shape index (κ1) is 13.5. The van der Waals surface area contributed by atoms with Crippen molar-refractivity contribution in [3.05, 3.63) is 34.9 Å². The highest BCUT2D eigenvalue weighted by Gasteiger charge is 2.15. The number of hydrogen-bond acceptors (Lipinski definition) is 2. The molecule has 90 valence electrons. The summed E-state index contributed by atoms with van der Waals surface area (Å²) in [7, 11) is 0. The summed E-state index contributed by atoms with van der Waals surface area (Å²) in [6.07, 6.45) is 1.42. The molecule has 17 heavy (non-hydrogen) atoms. The Morgan fingerprint density at radius 2 is 2.35 bits per heavy atom. The molecule has 1 aromatic rings. The average Bonchev–Trinajstić information content (AvgIpc) is 2.33. The van der Waals surface area contributed by atoms with Gasteiger partial charge in [-0.25, -0.2) is 0 Å². The Balaban J connectivity index is 2.50. The summed E-state index contributed by atoms with van der Waals surface area (Å²) in [6, 6.07) is 9.30. The molecule has 1 rings (SSSR count). The maximum absolute atomic E-state index is 11.7. The molecule has 0 saturated heterocycles. The molecule has 0 bridgehead atoms. The molecule has 0 aromatic heterocycles. The molecule has 0 spiro atoms. The molecule has 0 saturated carbocycles. The van der Waals surface area contributed by atoms with Crippen LogP contribution in [0, 0.1) is 17.2 Å². The van der Waals surface area contributed by atoms with Gasteiger partial charge >= 0.3 is 0 Å². The number of carbonyl (C=O) groups excluding carboxylic acids is 1. The van der Waals surface area contributed by atoms with Gasteiger partial charge in [0.2, 0.25) is 5.91 Å². The van der Waals surface area contributed by atoms with Gasteiger partial charge in [0.05, 0.1) is 6.07 Å². The van der Waals surface area contributed by atoms with Gasteiger partial charge in [0.15, 0.2) is 0 Å². The minimum absolute atomic E-state index is 0.214. The molecule has 0 heterocycles. The molecule has 0 fully saturated rings. The van der Waals surface area contributed by atoms with Crippen LogP contribution in [0.1, 0.15) is 25.3 Å². The molecule has 3 nitrogen and oxygen atoms in total. The number of nitrogens with zero attached hydrogens (tertiary/aromatic N) is 1. The normalized spacial score (nSPS) is 11.6. The van der Waals surface area contributed by atoms with Gasteiger partial charge in [0.1, 0.15) is 5.92 Å². The fraction of sp³-hybridized carbons (Fsp3) is 0.385. The summed E-state index contributed by atoms with van der Waals surface area (Å²) < 4.78 is 0. The number of halogens is 1. The number of hydrogen-bond donors (Lipinski definition) is 1. The highest BCUT2D eigenvalue weighted by atomic mass is 35.5. The zero-order valence-corrected chi connectivity index (χ0v) is 10.5. The maximum atomic E-state index is 11.7. The van der Waals surface area contributed by atoms with E-state index in [1.54, 1.807) is 12.1 Å². The third-order valence-electron chi connectivity index (χ3n) is 2.41. The molecular weight excluding hydrogens is 236 g/mol. The molecule has 0 aliphatic rings. The second kappa shape index (κ2) is 6.93. The summed E-state index contributed by atoms with van der Waals surface area (Å²) in [5.41, 5.74) is 0.930. The average molecular weight is 251 g/mol. The molecule has 4 heteroatoms. The lowest BCUT2D eigenvalue weighted by Gasteiger charge is -2.09. The minimum Gasteiger partial charge on any atom is -0.351 e. The van der Waals surface area contributed by atoms with Gasteiger partial charge in [0, 0.05) is 11.6 Å². The lowest BCUT2D eigenvalue weighted by Crippen LogP contribution is -2.29. The number of amides is 1. The van der Waals surface area contributed by atoms with E-state index in [0.717, 1.165) is 12.0 Å². The van der Waals surface area contributed by atoms with Crippen molar-refractivity contribution < 1.29 is 4.79 Å². The van der Waals surface area contributed by atoms with Crippen LogP contribution in [0.3, 0.4) is 0 Å². The van der Waals surface area contributed by atoms with E-state index >= 15 is 0 Å². The van der Waals surface area contributed by atoms with Gasteiger partial charge in [-0.2, -0.15) is 5.26 Å². The van der Waals surface area contributed by atoms with E-state index in [1.807, 2.05) is 25.1 Å². The predicted molar refractivity (Wildman–Crippen MR) is 67.3 cm³/mol. The van der Waals surface area contributed by atoms with Crippen molar-refractivity contribution in [2.45, 2.75) is 26.3 Å². The van der Waals surface area contributed by atoms with Crippen molar-refractivity contribution in [1.29, 1.82) is 5.26 Å². The van der Waals surface area contributed by atoms with E-state index in [0.29, 0.717) is 18.0 Å². The molecule has 1 N–H and O–H groups in total. The number of nitrogens with one attached hydrogen (secondary N) is 1. The van der Waals surface area contributed by atoms with E-state index in [2.05, 4.69) is 5.32 Å². The van der Waals surface area contributed by atoms with Crippen molar-refractivity contribution in [2.75, 3.05) is 0 Å². The second-order valence-corrected chi connectivity index (χ2v) is 4.25. The maximum Gasteiger partial charge on any atom is 0.237 e. The first-order chi connectivity index (χ1) is 8.17. The lowest BCUT2D eigenvalue weighted by molar-refractivity contribution is -0.123. The van der Waals surface area contributed by atoms with E-state index in [1.165, 1.54) is 0 Å². The smallest absolute Gasteiger partial charge is 0.237 e. The fourth-order valence-electron chi connectivity index (χ4n) is 1.50. The number of nitriles is 1. The zero-order chi connectivity index (χ0) is 12.7. The molecule has 1 atom stereocenters. The van der Waals surface area contributed by atoms with Crippen LogP contribution in [0.2, 0.25) is 5.02 Å². The molecule has 0 radical (unpaired) electrons. The zero-order valence-electron chi connectivity index (χ0n) is 9.74. The quantitative estimate of drug-likeness (QED) is 0.874. The van der Waals surface area contributed by atoms with Crippen LogP contribution in [0.4, 0.5) is 0 Å². The Morgan fingerprint density at radius 3 is 2.94 bits per heavy atom. The highest BCUT2D eigenvalue weighted by Crippen LogP contribution is 2.11. The Morgan fingerprint density at radius 1 is 1.59 bits per heavy atom. The predicted octanol–water partition coefficient (Wildman–Crippen LogP) is 2.90. The van der Waals surface area contributed by atoms with Crippen molar-refractivity contribution in [2.24, 2.45) is 5.92 Å². The monoisotopic (exact) mass is 250 g/mol. The van der Waals surface area contributed by atoms with Gasteiger partial charge in [-0.15, -0.1) is 0 Å². The molecule has 1 unspecified atom stereocenters. The SMILES string of the molecule is CCCC(C#N)C(=O)NCc1cccc(Cl)c1. The summed E-state index contributed by atoms with van der Waals surface area (Å²) in [6.45, 7) is 2.36. The van der Waals surface area contributed by atoms with Gasteiger partial charge in [-0.1, -0.05) is 37.1 Å². The van der Waals surface area contributed by atoms with E-state index < -0.39 is 5.92 Å². The number of carbonyl (C=O) groups is 1. The number of rotatable bonds is 5. The molecule has 0 aliphatic carbocycles. The largest absolute Gasteiger partial charge is 0.351 e.